The fraction of sp³-hybridized carbons (Fsp3) is 0.0833. The van der Waals surface area contributed by atoms with Crippen molar-refractivity contribution in [3.8, 4) is 11.3 Å². The van der Waals surface area contributed by atoms with E-state index in [1.165, 1.54) is 18.4 Å². The van der Waals surface area contributed by atoms with Gasteiger partial charge in [0.05, 0.1) is 12.8 Å². The third-order valence-corrected chi connectivity index (χ3v) is 3.96. The quantitative estimate of drug-likeness (QED) is 0.706. The zero-order valence-corrected chi connectivity index (χ0v) is 12.8. The Morgan fingerprint density at radius 3 is 2.95 bits per heavy atom. The summed E-state index contributed by atoms with van der Waals surface area (Å²) in [4.78, 5) is 30.4. The number of aromatic amines is 1. The van der Waals surface area contributed by atoms with Crippen molar-refractivity contribution in [3.05, 3.63) is 34.4 Å². The molecule has 0 saturated heterocycles. The molecule has 0 saturated carbocycles. The van der Waals surface area contributed by atoms with Crippen LogP contribution in [0, 0.1) is 0 Å². The molecular formula is C12H9N5O3S2. The second-order valence-electron chi connectivity index (χ2n) is 4.08. The van der Waals surface area contributed by atoms with Gasteiger partial charge in [-0.3, -0.25) is 10.1 Å². The number of carbonyl (C=O) groups is 2. The minimum atomic E-state index is -0.453. The van der Waals surface area contributed by atoms with E-state index in [2.05, 4.69) is 29.6 Å². The van der Waals surface area contributed by atoms with Crippen molar-refractivity contribution in [2.24, 2.45) is 0 Å². The van der Waals surface area contributed by atoms with Gasteiger partial charge in [-0.25, -0.2) is 9.78 Å². The van der Waals surface area contributed by atoms with Gasteiger partial charge in [-0.1, -0.05) is 4.49 Å². The maximum Gasteiger partial charge on any atom is 0.354 e. The van der Waals surface area contributed by atoms with E-state index in [-0.39, 0.29) is 11.6 Å². The number of carbonyl (C=O) groups excluding carboxylic acids is 2. The summed E-state index contributed by atoms with van der Waals surface area (Å²) in [6.45, 7) is 0. The highest BCUT2D eigenvalue weighted by atomic mass is 32.1. The molecule has 0 bridgehead atoms. The average molecular weight is 335 g/mol. The van der Waals surface area contributed by atoms with E-state index < -0.39 is 5.97 Å². The molecule has 112 valence electrons. The smallest absolute Gasteiger partial charge is 0.354 e. The van der Waals surface area contributed by atoms with E-state index in [9.17, 15) is 9.59 Å². The average Bonchev–Trinajstić information content (AvgIpc) is 3.25. The number of methoxy groups -OCH3 is 1. The first-order chi connectivity index (χ1) is 10.7. The van der Waals surface area contributed by atoms with Gasteiger partial charge in [0.2, 0.25) is 0 Å². The van der Waals surface area contributed by atoms with Crippen LogP contribution < -0.4 is 5.32 Å². The maximum atomic E-state index is 11.8. The monoisotopic (exact) mass is 335 g/mol. The standard InChI is InChI=1S/C12H9N5O3S2/c1-20-11(19)7-2-6(3-13-7)8-4-21-12(14-8)15-10(18)9-5-22-17-16-9/h2-5,13H,1H3,(H,14,15,18). The van der Waals surface area contributed by atoms with E-state index in [0.29, 0.717) is 16.5 Å². The molecule has 0 aliphatic carbocycles. The van der Waals surface area contributed by atoms with Crippen molar-refractivity contribution in [2.75, 3.05) is 12.4 Å². The Hall–Kier alpha value is -2.59. The predicted molar refractivity (Wildman–Crippen MR) is 81.1 cm³/mol. The summed E-state index contributed by atoms with van der Waals surface area (Å²) in [6, 6.07) is 1.64. The third kappa shape index (κ3) is 2.87. The Bertz CT molecular complexity index is 808. The summed E-state index contributed by atoms with van der Waals surface area (Å²) >= 11 is 2.38. The molecule has 2 N–H and O–H groups in total. The van der Waals surface area contributed by atoms with Crippen LogP contribution in [0.4, 0.5) is 5.13 Å². The van der Waals surface area contributed by atoms with Crippen molar-refractivity contribution >= 4 is 39.9 Å². The SMILES string of the molecule is COC(=O)c1cc(-c2csc(NC(=O)c3csnn3)n2)c[nH]1. The van der Waals surface area contributed by atoms with Gasteiger partial charge in [-0.2, -0.15) is 0 Å². The van der Waals surface area contributed by atoms with Gasteiger partial charge in [0.15, 0.2) is 10.8 Å². The summed E-state index contributed by atoms with van der Waals surface area (Å²) in [7, 11) is 1.31. The second-order valence-corrected chi connectivity index (χ2v) is 5.54. The maximum absolute atomic E-state index is 11.8. The Kier molecular flexibility index (Phi) is 3.94. The van der Waals surface area contributed by atoms with Crippen LogP contribution >= 0.6 is 22.9 Å². The highest BCUT2D eigenvalue weighted by Gasteiger charge is 2.14. The lowest BCUT2D eigenvalue weighted by Gasteiger charge is -1.96. The third-order valence-electron chi connectivity index (χ3n) is 2.70. The Morgan fingerprint density at radius 2 is 2.23 bits per heavy atom. The molecule has 3 aromatic rings. The number of nitrogens with one attached hydrogen (secondary N) is 2. The molecule has 0 radical (unpaired) electrons. The summed E-state index contributed by atoms with van der Waals surface area (Å²) in [5, 5.41) is 10.1. The molecule has 0 fully saturated rings. The van der Waals surface area contributed by atoms with Crippen LogP contribution in [0.3, 0.4) is 0 Å². The lowest BCUT2D eigenvalue weighted by atomic mass is 10.2. The number of hydrogen-bond donors (Lipinski definition) is 2. The largest absolute Gasteiger partial charge is 0.464 e. The van der Waals surface area contributed by atoms with Crippen molar-refractivity contribution in [1.29, 1.82) is 0 Å². The lowest BCUT2D eigenvalue weighted by molar-refractivity contribution is 0.0594. The van der Waals surface area contributed by atoms with Crippen LogP contribution in [0.15, 0.2) is 23.0 Å². The molecular weight excluding hydrogens is 326 g/mol. The van der Waals surface area contributed by atoms with Crippen LogP contribution in [0.1, 0.15) is 21.0 Å². The van der Waals surface area contributed by atoms with Crippen molar-refractivity contribution in [1.82, 2.24) is 19.6 Å². The molecule has 0 aromatic carbocycles. The highest BCUT2D eigenvalue weighted by Crippen LogP contribution is 2.25. The van der Waals surface area contributed by atoms with Crippen molar-refractivity contribution in [3.63, 3.8) is 0 Å². The first kappa shape index (κ1) is 14.4. The van der Waals surface area contributed by atoms with Gasteiger partial charge >= 0.3 is 5.97 Å². The first-order valence-corrected chi connectivity index (χ1v) is 7.70. The molecule has 0 aliphatic rings. The van der Waals surface area contributed by atoms with Gasteiger partial charge in [0.1, 0.15) is 5.69 Å². The first-order valence-electron chi connectivity index (χ1n) is 5.98. The fourth-order valence-corrected chi connectivity index (χ4v) is 2.81. The van der Waals surface area contributed by atoms with Gasteiger partial charge in [-0.05, 0) is 17.6 Å². The number of hydrogen-bond acceptors (Lipinski definition) is 8. The van der Waals surface area contributed by atoms with E-state index in [1.807, 2.05) is 0 Å². The molecule has 3 aromatic heterocycles. The van der Waals surface area contributed by atoms with E-state index in [1.54, 1.807) is 23.0 Å². The Labute approximate surface area is 132 Å². The number of aromatic nitrogens is 4. The normalized spacial score (nSPS) is 10.4. The second kappa shape index (κ2) is 6.03. The zero-order valence-electron chi connectivity index (χ0n) is 11.2. The highest BCUT2D eigenvalue weighted by molar-refractivity contribution is 7.14. The molecule has 22 heavy (non-hydrogen) atoms. The number of anilines is 1. The number of ether oxygens (including phenoxy) is 1. The predicted octanol–water partition coefficient (Wildman–Crippen LogP) is 2.03. The zero-order chi connectivity index (χ0) is 15.5. The van der Waals surface area contributed by atoms with E-state index in [4.69, 9.17) is 0 Å². The summed E-state index contributed by atoms with van der Waals surface area (Å²) in [5.41, 5.74) is 1.96. The Balaban J connectivity index is 1.75. The Morgan fingerprint density at radius 1 is 1.36 bits per heavy atom. The van der Waals surface area contributed by atoms with Crippen LogP contribution in [-0.4, -0.2) is 38.5 Å². The van der Waals surface area contributed by atoms with E-state index >= 15 is 0 Å². The molecule has 3 heterocycles. The molecule has 0 atom stereocenters. The van der Waals surface area contributed by atoms with Crippen LogP contribution in [-0.2, 0) is 4.74 Å². The van der Waals surface area contributed by atoms with Crippen LogP contribution in [0.2, 0.25) is 0 Å². The molecule has 8 nitrogen and oxygen atoms in total. The van der Waals surface area contributed by atoms with Gasteiger partial charge in [-0.15, -0.1) is 16.4 Å². The van der Waals surface area contributed by atoms with Crippen LogP contribution in [0.5, 0.6) is 0 Å². The van der Waals surface area contributed by atoms with Crippen LogP contribution in [0.25, 0.3) is 11.3 Å². The molecule has 0 unspecified atom stereocenters. The summed E-state index contributed by atoms with van der Waals surface area (Å²) < 4.78 is 8.26. The fourth-order valence-electron chi connectivity index (χ4n) is 1.66. The van der Waals surface area contributed by atoms with Gasteiger partial charge < -0.3 is 9.72 Å². The molecule has 0 aliphatic heterocycles. The lowest BCUT2D eigenvalue weighted by Crippen LogP contribution is -2.12. The number of thiazole rings is 1. The topological polar surface area (TPSA) is 110 Å². The minimum absolute atomic E-state index is 0.247. The number of amides is 1. The summed E-state index contributed by atoms with van der Waals surface area (Å²) in [5.74, 6) is -0.815. The minimum Gasteiger partial charge on any atom is -0.464 e. The number of H-pyrrole nitrogens is 1. The number of esters is 1. The molecule has 3 rings (SSSR count). The molecule has 0 spiro atoms. The van der Waals surface area contributed by atoms with Gasteiger partial charge in [0.25, 0.3) is 5.91 Å². The number of nitrogens with zero attached hydrogens (tertiary/aromatic N) is 3. The summed E-state index contributed by atoms with van der Waals surface area (Å²) in [6.07, 6.45) is 1.65. The van der Waals surface area contributed by atoms with E-state index in [0.717, 1.165) is 17.1 Å². The number of rotatable bonds is 4. The molecule has 1 amide bonds. The van der Waals surface area contributed by atoms with Crippen molar-refractivity contribution in [2.45, 2.75) is 0 Å². The molecule has 10 heteroatoms. The van der Waals surface area contributed by atoms with Crippen molar-refractivity contribution < 1.29 is 14.3 Å². The van der Waals surface area contributed by atoms with Gasteiger partial charge in [0, 0.05) is 22.5 Å².